The molecule has 0 aliphatic carbocycles. The lowest BCUT2D eigenvalue weighted by Gasteiger charge is -2.30. The van der Waals surface area contributed by atoms with Crippen molar-refractivity contribution in [2.45, 2.75) is 20.0 Å². The van der Waals surface area contributed by atoms with Gasteiger partial charge in [-0.3, -0.25) is 9.69 Å². The lowest BCUT2D eigenvalue weighted by Crippen LogP contribution is -2.32. The first kappa shape index (κ1) is 24.5. The maximum Gasteiger partial charge on any atom is 0.231 e. The summed E-state index contributed by atoms with van der Waals surface area (Å²) in [5.41, 5.74) is 4.09. The molecule has 0 radical (unpaired) electrons. The van der Waals surface area contributed by atoms with E-state index >= 15 is 0 Å². The van der Waals surface area contributed by atoms with Crippen LogP contribution in [0.4, 0.5) is 0 Å². The van der Waals surface area contributed by atoms with Gasteiger partial charge in [0.1, 0.15) is 29.7 Å². The second-order valence-electron chi connectivity index (χ2n) is 8.86. The van der Waals surface area contributed by atoms with Crippen LogP contribution in [-0.2, 0) is 13.1 Å². The fraction of sp³-hybridized carbons (Fsp3) is 0.276. The first-order valence-corrected chi connectivity index (χ1v) is 11.8. The summed E-state index contributed by atoms with van der Waals surface area (Å²) < 4.78 is 33.7. The maximum atomic E-state index is 13.4. The summed E-state index contributed by atoms with van der Waals surface area (Å²) in [7, 11) is 6.32. The van der Waals surface area contributed by atoms with Crippen LogP contribution in [0.15, 0.2) is 48.2 Å². The Morgan fingerprint density at radius 3 is 2.27 bits per heavy atom. The fourth-order valence-electron chi connectivity index (χ4n) is 4.69. The molecule has 0 amide bonds. The lowest BCUT2D eigenvalue weighted by atomic mass is 9.99. The van der Waals surface area contributed by atoms with E-state index in [2.05, 4.69) is 4.90 Å². The fourth-order valence-corrected chi connectivity index (χ4v) is 4.69. The Bertz CT molecular complexity index is 1380. The SMILES string of the molecule is COc1ccc(CN2COc3c(cc4c(c3C)O/C(=C\c3cc(OC)c(OC)cc3OC)C4=O)C2)cc1. The van der Waals surface area contributed by atoms with E-state index < -0.39 is 0 Å². The first-order valence-electron chi connectivity index (χ1n) is 11.8. The van der Waals surface area contributed by atoms with E-state index in [1.807, 2.05) is 37.3 Å². The Morgan fingerprint density at radius 1 is 0.892 bits per heavy atom. The molecule has 3 aromatic carbocycles. The van der Waals surface area contributed by atoms with Crippen LogP contribution < -0.4 is 28.4 Å². The third kappa shape index (κ3) is 4.56. The number of ether oxygens (including phenoxy) is 6. The molecule has 2 aliphatic heterocycles. The van der Waals surface area contributed by atoms with Gasteiger partial charge in [-0.2, -0.15) is 0 Å². The molecule has 0 aromatic heterocycles. The van der Waals surface area contributed by atoms with Gasteiger partial charge in [0.15, 0.2) is 17.3 Å². The second-order valence-corrected chi connectivity index (χ2v) is 8.86. The molecule has 0 saturated heterocycles. The number of Topliss-reactive ketones (excluding diaryl/α,β-unsaturated/α-hetero) is 1. The molecule has 0 unspecified atom stereocenters. The molecule has 5 rings (SSSR count). The largest absolute Gasteiger partial charge is 0.497 e. The molecular weight excluding hydrogens is 474 g/mol. The molecule has 192 valence electrons. The summed E-state index contributed by atoms with van der Waals surface area (Å²) in [6.07, 6.45) is 1.67. The number of nitrogens with zero attached hydrogens (tertiary/aromatic N) is 1. The van der Waals surface area contributed by atoms with Crippen LogP contribution in [0.5, 0.6) is 34.5 Å². The number of fused-ring (bicyclic) bond motifs is 2. The Labute approximate surface area is 215 Å². The van der Waals surface area contributed by atoms with Gasteiger partial charge >= 0.3 is 0 Å². The highest BCUT2D eigenvalue weighted by atomic mass is 16.5. The average molecular weight is 504 g/mol. The summed E-state index contributed by atoms with van der Waals surface area (Å²) >= 11 is 0. The Balaban J connectivity index is 1.42. The summed E-state index contributed by atoms with van der Waals surface area (Å²) in [5.74, 6) is 3.72. The van der Waals surface area contributed by atoms with Gasteiger partial charge in [0.25, 0.3) is 0 Å². The first-order chi connectivity index (χ1) is 17.9. The smallest absolute Gasteiger partial charge is 0.231 e. The Kier molecular flexibility index (Phi) is 6.67. The van der Waals surface area contributed by atoms with Gasteiger partial charge in [-0.15, -0.1) is 0 Å². The highest BCUT2D eigenvalue weighted by molar-refractivity contribution is 6.15. The van der Waals surface area contributed by atoms with E-state index in [-0.39, 0.29) is 11.5 Å². The van der Waals surface area contributed by atoms with Crippen LogP contribution in [0.25, 0.3) is 6.08 Å². The van der Waals surface area contributed by atoms with Crippen LogP contribution in [0.3, 0.4) is 0 Å². The summed E-state index contributed by atoms with van der Waals surface area (Å²) in [5, 5.41) is 0. The molecule has 0 N–H and O–H groups in total. The third-order valence-corrected chi connectivity index (χ3v) is 6.59. The van der Waals surface area contributed by atoms with Crippen molar-refractivity contribution in [2.24, 2.45) is 0 Å². The maximum absolute atomic E-state index is 13.4. The van der Waals surface area contributed by atoms with E-state index in [0.29, 0.717) is 53.9 Å². The number of hydrogen-bond acceptors (Lipinski definition) is 8. The molecule has 2 heterocycles. The van der Waals surface area contributed by atoms with E-state index in [9.17, 15) is 4.79 Å². The van der Waals surface area contributed by atoms with Gasteiger partial charge in [0.2, 0.25) is 5.78 Å². The predicted octanol–water partition coefficient (Wildman–Crippen LogP) is 5.00. The van der Waals surface area contributed by atoms with Gasteiger partial charge in [-0.1, -0.05) is 12.1 Å². The number of methoxy groups -OCH3 is 4. The van der Waals surface area contributed by atoms with Crippen molar-refractivity contribution in [3.05, 3.63) is 76.0 Å². The highest BCUT2D eigenvalue weighted by Crippen LogP contribution is 2.44. The monoisotopic (exact) mass is 503 g/mol. The van der Waals surface area contributed by atoms with Gasteiger partial charge in [-0.25, -0.2) is 0 Å². The van der Waals surface area contributed by atoms with Crippen LogP contribution in [0, 0.1) is 6.92 Å². The number of carbonyl (C=O) groups excluding carboxylic acids is 1. The third-order valence-electron chi connectivity index (χ3n) is 6.59. The van der Waals surface area contributed by atoms with Gasteiger partial charge in [0, 0.05) is 35.8 Å². The number of carbonyl (C=O) groups is 1. The Morgan fingerprint density at radius 2 is 1.59 bits per heavy atom. The number of benzene rings is 3. The van der Waals surface area contributed by atoms with Crippen molar-refractivity contribution in [3.8, 4) is 34.5 Å². The molecule has 0 spiro atoms. The summed E-state index contributed by atoms with van der Waals surface area (Å²) in [4.78, 5) is 15.6. The van der Waals surface area contributed by atoms with Gasteiger partial charge < -0.3 is 28.4 Å². The van der Waals surface area contributed by atoms with E-state index in [1.165, 1.54) is 0 Å². The molecule has 37 heavy (non-hydrogen) atoms. The zero-order valence-electron chi connectivity index (χ0n) is 21.5. The van der Waals surface area contributed by atoms with Crippen molar-refractivity contribution in [2.75, 3.05) is 35.2 Å². The van der Waals surface area contributed by atoms with Gasteiger partial charge in [-0.05, 0) is 42.8 Å². The van der Waals surface area contributed by atoms with E-state index in [0.717, 1.165) is 28.2 Å². The van der Waals surface area contributed by atoms with Crippen molar-refractivity contribution in [1.29, 1.82) is 0 Å². The van der Waals surface area contributed by atoms with Gasteiger partial charge in [0.05, 0.1) is 34.0 Å². The quantitative estimate of drug-likeness (QED) is 0.417. The Hall–Kier alpha value is -4.17. The number of hydrogen-bond donors (Lipinski definition) is 0. The van der Waals surface area contributed by atoms with Crippen molar-refractivity contribution >= 4 is 11.9 Å². The standard InChI is InChI=1S/C29H29NO7/c1-17-28-20(15-30(16-36-28)14-18-6-8-21(32-2)9-7-18)10-22-27(31)26(37-29(17)22)12-19-11-24(34-4)25(35-5)13-23(19)33-3/h6-13H,14-16H2,1-5H3/b26-12-. The second kappa shape index (κ2) is 10.1. The van der Waals surface area contributed by atoms with Crippen molar-refractivity contribution in [3.63, 3.8) is 0 Å². The van der Waals surface area contributed by atoms with Crippen LogP contribution in [-0.4, -0.2) is 45.9 Å². The van der Waals surface area contributed by atoms with Crippen LogP contribution in [0.2, 0.25) is 0 Å². The van der Waals surface area contributed by atoms with Crippen LogP contribution >= 0.6 is 0 Å². The summed E-state index contributed by atoms with van der Waals surface area (Å²) in [6, 6.07) is 13.3. The molecule has 0 bridgehead atoms. The van der Waals surface area contributed by atoms with E-state index in [4.69, 9.17) is 28.4 Å². The molecule has 3 aromatic rings. The van der Waals surface area contributed by atoms with E-state index in [1.54, 1.807) is 46.6 Å². The van der Waals surface area contributed by atoms with Crippen LogP contribution in [0.1, 0.15) is 32.6 Å². The topological polar surface area (TPSA) is 75.7 Å². The minimum absolute atomic E-state index is 0.190. The molecular formula is C29H29NO7. The minimum atomic E-state index is -0.190. The predicted molar refractivity (Wildman–Crippen MR) is 138 cm³/mol. The molecule has 0 atom stereocenters. The molecule has 8 nitrogen and oxygen atoms in total. The van der Waals surface area contributed by atoms with Crippen molar-refractivity contribution in [1.82, 2.24) is 4.90 Å². The molecule has 8 heteroatoms. The summed E-state index contributed by atoms with van der Waals surface area (Å²) in [6.45, 7) is 3.74. The average Bonchev–Trinajstić information content (AvgIpc) is 3.23. The zero-order valence-corrected chi connectivity index (χ0v) is 21.5. The molecule has 2 aliphatic rings. The zero-order chi connectivity index (χ0) is 26.1. The molecule has 0 saturated carbocycles. The lowest BCUT2D eigenvalue weighted by molar-refractivity contribution is 0.0876. The molecule has 0 fully saturated rings. The number of allylic oxidation sites excluding steroid dienone is 1. The van der Waals surface area contributed by atoms with Crippen molar-refractivity contribution < 1.29 is 33.2 Å². The number of rotatable bonds is 7. The highest BCUT2D eigenvalue weighted by Gasteiger charge is 2.34. The number of ketones is 1. The minimum Gasteiger partial charge on any atom is -0.497 e. The normalized spacial score (nSPS) is 15.5.